The number of nitrogens with one attached hydrogen (secondary N) is 3. The van der Waals surface area contributed by atoms with E-state index in [0.29, 0.717) is 69.7 Å². The van der Waals surface area contributed by atoms with Crippen molar-refractivity contribution in [1.82, 2.24) is 16.0 Å². The molecule has 10 N–H and O–H groups in total. The number of guanidine groups is 1. The lowest BCUT2D eigenvalue weighted by molar-refractivity contribution is -0.152. The molecule has 0 amide bonds. The van der Waals surface area contributed by atoms with Gasteiger partial charge in [-0.1, -0.05) is 76.7 Å². The molecule has 1 aromatic carbocycles. The number of aliphatic hydroxyl groups is 4. The zero-order valence-corrected chi connectivity index (χ0v) is 36.7. The lowest BCUT2D eigenvalue weighted by Gasteiger charge is -2.44. The fraction of sp³-hybridized carbons (Fsp3) is 0.696. The predicted octanol–water partition coefficient (Wildman–Crippen LogP) is 3.56. The Morgan fingerprint density at radius 1 is 1.07 bits per heavy atom. The van der Waals surface area contributed by atoms with E-state index in [1.54, 1.807) is 16.9 Å². The van der Waals surface area contributed by atoms with Gasteiger partial charge in [0, 0.05) is 73.0 Å². The molecule has 1 saturated carbocycles. The van der Waals surface area contributed by atoms with Crippen molar-refractivity contribution in [3.05, 3.63) is 35.4 Å². The largest absolute Gasteiger partial charge is 0.504 e. The van der Waals surface area contributed by atoms with Crippen molar-refractivity contribution in [3.8, 4) is 35.2 Å². The van der Waals surface area contributed by atoms with Gasteiger partial charge in [0.15, 0.2) is 23.7 Å². The number of aliphatic imine (C=N–C) groups is 1. The summed E-state index contributed by atoms with van der Waals surface area (Å²) in [7, 11) is 3.61. The number of fused-ring (bicyclic) bond motifs is 4. The van der Waals surface area contributed by atoms with Crippen LogP contribution in [0.1, 0.15) is 108 Å². The molecule has 2 fully saturated rings. The number of phenols is 1. The third-order valence-electron chi connectivity index (χ3n) is 14.2. The number of nitrogens with zero attached hydrogens (tertiary/aromatic N) is 1. The minimum Gasteiger partial charge on any atom is -0.504 e. The second-order valence-electron chi connectivity index (χ2n) is 18.7. The Morgan fingerprint density at radius 3 is 2.70 bits per heavy atom. The van der Waals surface area contributed by atoms with Crippen molar-refractivity contribution in [2.75, 3.05) is 25.4 Å². The molecule has 1 aromatic rings. The molecule has 3 aliphatic carbocycles. The normalized spacial score (nSPS) is 37.5. The summed E-state index contributed by atoms with van der Waals surface area (Å²) < 4.78 is 12.8. The summed E-state index contributed by atoms with van der Waals surface area (Å²) in [5, 5.41) is 68.1. The first-order valence-corrected chi connectivity index (χ1v) is 24.7. The number of benzene rings is 1. The van der Waals surface area contributed by atoms with Gasteiger partial charge in [-0.15, -0.1) is 0 Å². The highest BCUT2D eigenvalue weighted by Crippen LogP contribution is 2.45. The monoisotopic (exact) mass is 877 g/mol. The van der Waals surface area contributed by atoms with Gasteiger partial charge in [0.05, 0.1) is 28.9 Å². The molecule has 0 aromatic heterocycles. The van der Waals surface area contributed by atoms with Gasteiger partial charge in [0.25, 0.3) is 0 Å². The van der Waals surface area contributed by atoms with Crippen LogP contribution in [0.3, 0.4) is 0 Å². The predicted molar refractivity (Wildman–Crippen MR) is 237 cm³/mol. The molecular weight excluding hydrogens is 815 g/mol. The van der Waals surface area contributed by atoms with E-state index in [2.05, 4.69) is 39.6 Å². The quantitative estimate of drug-likeness (QED) is 0.0685. The van der Waals surface area contributed by atoms with Crippen LogP contribution in [-0.2, 0) is 16.0 Å². The highest BCUT2D eigenvalue weighted by atomic mass is 33.1. The number of esters is 1. The van der Waals surface area contributed by atoms with Crippen LogP contribution in [0.2, 0.25) is 0 Å². The van der Waals surface area contributed by atoms with Gasteiger partial charge in [-0.05, 0) is 82.0 Å². The standard InChI is InChI=1S/C46H63N5O8S2/c1-28(52)58-38-21-32(53)11-16-46-15-10-30-18-29-8-9-34(61-60-27-44(13-3-2-4-14-44)51-43(47)50-40(46)6-5-7-41(46)55)25-48-26-45(23-29)24-33(12-17-49-45)59-39-20-31(19-35(30)38)36(42(56)57)22-37(39)54/h5-6,20,22,29-30,32-35,38,40-42,48-49,53-57H,2-4,7,11-14,16-19,21,23-27H2,1H3,(H3,47,50,51)/t29-,30+,32+,33-,34-,35-,38+,40-,41+,45-,46+/m1/s1. The van der Waals surface area contributed by atoms with Crippen LogP contribution < -0.4 is 26.4 Å². The van der Waals surface area contributed by atoms with Crippen LogP contribution in [0.4, 0.5) is 0 Å². The van der Waals surface area contributed by atoms with Crippen molar-refractivity contribution >= 4 is 33.5 Å². The van der Waals surface area contributed by atoms with Gasteiger partial charge >= 0.3 is 5.97 Å². The minimum absolute atomic E-state index is 0.0221. The first-order chi connectivity index (χ1) is 29.3. The molecule has 0 unspecified atom stereocenters. The Labute approximate surface area is 367 Å². The highest BCUT2D eigenvalue weighted by molar-refractivity contribution is 8.77. The first kappa shape index (κ1) is 44.5. The van der Waals surface area contributed by atoms with Gasteiger partial charge in [-0.25, -0.2) is 4.99 Å². The molecule has 11 atom stereocenters. The van der Waals surface area contributed by atoms with Gasteiger partial charge in [0.2, 0.25) is 0 Å². The Kier molecular flexibility index (Phi) is 13.8. The van der Waals surface area contributed by atoms with Crippen molar-refractivity contribution in [1.29, 1.82) is 0 Å². The van der Waals surface area contributed by atoms with Crippen molar-refractivity contribution < 1.29 is 39.8 Å². The summed E-state index contributed by atoms with van der Waals surface area (Å²) in [6, 6.07) is 2.40. The number of rotatable bonds is 2. The summed E-state index contributed by atoms with van der Waals surface area (Å²) in [5.41, 5.74) is 5.69. The molecular formula is C46H63N5O8S2. The van der Waals surface area contributed by atoms with E-state index in [-0.39, 0.29) is 59.1 Å². The van der Waals surface area contributed by atoms with Crippen LogP contribution in [0.15, 0.2) is 29.3 Å². The second-order valence-corrected chi connectivity index (χ2v) is 21.3. The molecule has 3 spiro atoms. The highest BCUT2D eigenvalue weighted by Gasteiger charge is 2.48. The Balaban J connectivity index is 1.35. The summed E-state index contributed by atoms with van der Waals surface area (Å²) in [6.07, 6.45) is 8.02. The number of phenolic OH excluding ortho intramolecular Hbond substituents is 1. The van der Waals surface area contributed by atoms with E-state index >= 15 is 0 Å². The zero-order valence-electron chi connectivity index (χ0n) is 35.1. The van der Waals surface area contributed by atoms with Gasteiger partial charge < -0.3 is 56.7 Å². The molecule has 0 radical (unpaired) electrons. The SMILES string of the molecule is CC(=O)O[C@H]1C[C@@H](O)CC[C@@]23C#C[C@H]4C[C@H]5C#C[C@H](CNC[C@@]6(C5)C[C@@H](CCN6)Oc5cc(c(C(O)O)cc5O)C[C@@H]14)SSCC1(CCCCC1)NC(N)=N[C@@H]2C=CC[C@@H]3O. The van der Waals surface area contributed by atoms with Gasteiger partial charge in [0.1, 0.15) is 12.2 Å². The van der Waals surface area contributed by atoms with Crippen molar-refractivity contribution in [2.45, 2.75) is 150 Å². The van der Waals surface area contributed by atoms with Gasteiger partial charge in [-0.3, -0.25) is 4.79 Å². The number of carbonyl (C=O) groups excluding carboxylic acids is 1. The Morgan fingerprint density at radius 2 is 1.90 bits per heavy atom. The second kappa shape index (κ2) is 18.9. The third-order valence-corrected chi connectivity index (χ3v) is 17.0. The Bertz CT molecular complexity index is 1960. The lowest BCUT2D eigenvalue weighted by atomic mass is 9.66. The van der Waals surface area contributed by atoms with Crippen LogP contribution >= 0.6 is 21.6 Å². The average Bonchev–Trinajstić information content (AvgIpc) is 3.28. The molecule has 4 aliphatic heterocycles. The summed E-state index contributed by atoms with van der Waals surface area (Å²) in [5.74, 6) is 14.2. The lowest BCUT2D eigenvalue weighted by Crippen LogP contribution is -2.59. The van der Waals surface area contributed by atoms with Gasteiger partial charge in [-0.2, -0.15) is 0 Å². The topological polar surface area (TPSA) is 211 Å². The fourth-order valence-electron chi connectivity index (χ4n) is 11.1. The van der Waals surface area contributed by atoms with Crippen LogP contribution in [-0.4, -0.2) is 110 Å². The Hall–Kier alpha value is -3.12. The maximum Gasteiger partial charge on any atom is 0.302 e. The van der Waals surface area contributed by atoms with Crippen LogP contribution in [0.25, 0.3) is 0 Å². The molecule has 332 valence electrons. The zero-order chi connectivity index (χ0) is 42.8. The van der Waals surface area contributed by atoms with E-state index < -0.39 is 59.4 Å². The maximum atomic E-state index is 13.0. The van der Waals surface area contributed by atoms with E-state index in [9.17, 15) is 30.3 Å². The third kappa shape index (κ3) is 10.2. The van der Waals surface area contributed by atoms with Crippen LogP contribution in [0, 0.1) is 46.9 Å². The van der Waals surface area contributed by atoms with Crippen LogP contribution in [0.5, 0.6) is 11.5 Å². The number of ether oxygens (including phenoxy) is 2. The summed E-state index contributed by atoms with van der Waals surface area (Å²) >= 11 is 0. The molecule has 8 bridgehead atoms. The first-order valence-electron chi connectivity index (χ1n) is 22.3. The number of aromatic hydroxyl groups is 1. The number of carbonyl (C=O) groups is 1. The molecule has 15 heteroatoms. The maximum absolute atomic E-state index is 13.0. The number of piperidine rings is 1. The molecule has 7 aliphatic rings. The van der Waals surface area contributed by atoms with E-state index in [0.717, 1.165) is 31.4 Å². The van der Waals surface area contributed by atoms with Crippen molar-refractivity contribution in [3.63, 3.8) is 0 Å². The molecule has 1 saturated heterocycles. The summed E-state index contributed by atoms with van der Waals surface area (Å²) in [4.78, 5) is 18.1. The molecule has 13 nitrogen and oxygen atoms in total. The van der Waals surface area contributed by atoms with E-state index in [1.165, 1.54) is 19.4 Å². The average molecular weight is 878 g/mol. The van der Waals surface area contributed by atoms with Crippen molar-refractivity contribution in [2.24, 2.45) is 33.9 Å². The molecule has 4 heterocycles. The number of hydrogen-bond donors (Lipinski definition) is 9. The minimum atomic E-state index is -1.92. The molecule has 61 heavy (non-hydrogen) atoms. The number of hydrogen-bond acceptors (Lipinski definition) is 15. The smallest absolute Gasteiger partial charge is 0.302 e. The number of aliphatic hydroxyl groups excluding tert-OH is 3. The summed E-state index contributed by atoms with van der Waals surface area (Å²) in [6.45, 7) is 3.38. The van der Waals surface area contributed by atoms with E-state index in [1.807, 2.05) is 22.9 Å². The van der Waals surface area contributed by atoms with E-state index in [4.69, 9.17) is 20.2 Å². The molecule has 8 rings (SSSR count). The fourth-order valence-corrected chi connectivity index (χ4v) is 14.0. The number of nitrogens with two attached hydrogens (primary N) is 1.